The molecule has 0 spiro atoms. The number of ether oxygens (including phenoxy) is 2. The second-order valence-electron chi connectivity index (χ2n) is 9.11. The summed E-state index contributed by atoms with van der Waals surface area (Å²) >= 11 is 0. The Balaban J connectivity index is 4.65. The van der Waals surface area contributed by atoms with Gasteiger partial charge in [0.05, 0.1) is 5.92 Å². The normalized spacial score (nSPS) is 13.6. The summed E-state index contributed by atoms with van der Waals surface area (Å²) in [5, 5.41) is 16.6. The molecule has 10 heteroatoms. The van der Waals surface area contributed by atoms with Gasteiger partial charge >= 0.3 is 18.2 Å². The van der Waals surface area contributed by atoms with Gasteiger partial charge in [-0.25, -0.2) is 9.59 Å². The van der Waals surface area contributed by atoms with Crippen LogP contribution in [-0.4, -0.2) is 59.5 Å². The molecule has 0 saturated heterocycles. The van der Waals surface area contributed by atoms with Gasteiger partial charge in [-0.3, -0.25) is 9.59 Å². The summed E-state index contributed by atoms with van der Waals surface area (Å²) in [6.45, 7) is 12.2. The Hall–Kier alpha value is -2.52. The number of nitrogens with one attached hydrogen (secondary N) is 3. The predicted molar refractivity (Wildman–Crippen MR) is 111 cm³/mol. The Morgan fingerprint density at radius 3 is 1.90 bits per heavy atom. The summed E-state index contributed by atoms with van der Waals surface area (Å²) in [5.74, 6) is -2.27. The first-order chi connectivity index (χ1) is 13.6. The zero-order chi connectivity index (χ0) is 23.5. The number of alkyl carbamates (subject to hydrolysis) is 2. The third-order valence-corrected chi connectivity index (χ3v) is 3.60. The number of amides is 3. The zero-order valence-corrected chi connectivity index (χ0v) is 19.1. The average Bonchev–Trinajstić information content (AvgIpc) is 2.54. The van der Waals surface area contributed by atoms with Crippen molar-refractivity contribution in [1.29, 1.82) is 0 Å². The van der Waals surface area contributed by atoms with Crippen molar-refractivity contribution in [2.45, 2.75) is 85.0 Å². The van der Waals surface area contributed by atoms with E-state index in [0.29, 0.717) is 25.8 Å². The summed E-state index contributed by atoms with van der Waals surface area (Å²) in [6.07, 6.45) is 0.123. The van der Waals surface area contributed by atoms with Crippen LogP contribution in [-0.2, 0) is 19.1 Å². The molecular formula is C20H37N3O7. The lowest BCUT2D eigenvalue weighted by Crippen LogP contribution is -2.49. The number of aliphatic carboxylic acids is 1. The summed E-state index contributed by atoms with van der Waals surface area (Å²) < 4.78 is 10.3. The van der Waals surface area contributed by atoms with Crippen LogP contribution in [0.2, 0.25) is 0 Å². The van der Waals surface area contributed by atoms with Crippen molar-refractivity contribution >= 4 is 24.1 Å². The highest BCUT2D eigenvalue weighted by molar-refractivity contribution is 5.86. The lowest BCUT2D eigenvalue weighted by Gasteiger charge is -2.23. The van der Waals surface area contributed by atoms with Gasteiger partial charge in [-0.15, -0.1) is 0 Å². The van der Waals surface area contributed by atoms with Crippen LogP contribution >= 0.6 is 0 Å². The molecule has 4 N–H and O–H groups in total. The highest BCUT2D eigenvalue weighted by Crippen LogP contribution is 2.09. The fourth-order valence-electron chi connectivity index (χ4n) is 2.16. The SMILES string of the molecule is CC(CNC(=O)C(CCCCNC(=O)OC(C)(C)C)NC(=O)OC(C)(C)C)C(=O)O. The van der Waals surface area contributed by atoms with Crippen molar-refractivity contribution in [3.05, 3.63) is 0 Å². The van der Waals surface area contributed by atoms with Gasteiger partial charge in [0.25, 0.3) is 0 Å². The molecule has 30 heavy (non-hydrogen) atoms. The maximum atomic E-state index is 12.4. The van der Waals surface area contributed by atoms with E-state index in [-0.39, 0.29) is 6.54 Å². The Kier molecular flexibility index (Phi) is 11.2. The van der Waals surface area contributed by atoms with Crippen LogP contribution in [0.1, 0.15) is 67.7 Å². The molecule has 0 aliphatic heterocycles. The van der Waals surface area contributed by atoms with Gasteiger partial charge in [0.1, 0.15) is 17.2 Å². The summed E-state index contributed by atoms with van der Waals surface area (Å²) in [5.41, 5.74) is -1.31. The van der Waals surface area contributed by atoms with Gasteiger partial charge < -0.3 is 30.5 Å². The number of carbonyl (C=O) groups is 4. The van der Waals surface area contributed by atoms with E-state index in [4.69, 9.17) is 14.6 Å². The Morgan fingerprint density at radius 2 is 1.40 bits per heavy atom. The largest absolute Gasteiger partial charge is 0.481 e. The molecule has 0 aromatic carbocycles. The molecule has 0 rings (SSSR count). The minimum absolute atomic E-state index is 0.0547. The second kappa shape index (κ2) is 12.2. The molecule has 0 heterocycles. The fourth-order valence-corrected chi connectivity index (χ4v) is 2.16. The van der Waals surface area contributed by atoms with E-state index in [9.17, 15) is 19.2 Å². The summed E-state index contributed by atoms with van der Waals surface area (Å²) in [6, 6.07) is -0.887. The smallest absolute Gasteiger partial charge is 0.408 e. The molecule has 0 aromatic rings. The molecule has 0 radical (unpaired) electrons. The molecule has 0 saturated carbocycles. The summed E-state index contributed by atoms with van der Waals surface area (Å²) in [4.78, 5) is 47.0. The van der Waals surface area contributed by atoms with Crippen LogP contribution in [0.15, 0.2) is 0 Å². The Labute approximate surface area is 178 Å². The van der Waals surface area contributed by atoms with Gasteiger partial charge in [0.15, 0.2) is 0 Å². The van der Waals surface area contributed by atoms with Crippen molar-refractivity contribution in [3.8, 4) is 0 Å². The number of hydrogen-bond acceptors (Lipinski definition) is 6. The molecule has 0 aliphatic rings. The third kappa shape index (κ3) is 14.5. The van der Waals surface area contributed by atoms with Crippen molar-refractivity contribution in [1.82, 2.24) is 16.0 Å². The maximum Gasteiger partial charge on any atom is 0.408 e. The molecule has 2 atom stereocenters. The van der Waals surface area contributed by atoms with Crippen LogP contribution in [0, 0.1) is 5.92 Å². The average molecular weight is 432 g/mol. The van der Waals surface area contributed by atoms with Crippen LogP contribution in [0.5, 0.6) is 0 Å². The fraction of sp³-hybridized carbons (Fsp3) is 0.800. The highest BCUT2D eigenvalue weighted by Gasteiger charge is 2.25. The number of carboxylic acid groups (broad SMARTS) is 1. The molecule has 0 bridgehead atoms. The number of unbranched alkanes of at least 4 members (excludes halogenated alkanes) is 1. The number of rotatable bonds is 10. The van der Waals surface area contributed by atoms with Gasteiger partial charge in [-0.2, -0.15) is 0 Å². The second-order valence-corrected chi connectivity index (χ2v) is 9.11. The van der Waals surface area contributed by atoms with Crippen LogP contribution in [0.3, 0.4) is 0 Å². The minimum Gasteiger partial charge on any atom is -0.481 e. The molecule has 2 unspecified atom stereocenters. The van der Waals surface area contributed by atoms with E-state index in [1.807, 2.05) is 0 Å². The molecule has 10 nitrogen and oxygen atoms in total. The molecule has 0 fully saturated rings. The molecule has 3 amide bonds. The number of carboxylic acids is 1. The molecule has 0 aromatic heterocycles. The standard InChI is InChI=1S/C20H37N3O7/c1-13(16(25)26)12-22-15(24)14(23-18(28)30-20(5,6)7)10-8-9-11-21-17(27)29-19(2,3)4/h13-14H,8-12H2,1-7H3,(H,21,27)(H,22,24)(H,23,28)(H,25,26). The Morgan fingerprint density at radius 1 is 0.867 bits per heavy atom. The van der Waals surface area contributed by atoms with Crippen molar-refractivity contribution < 1.29 is 33.8 Å². The first-order valence-electron chi connectivity index (χ1n) is 10.1. The van der Waals surface area contributed by atoms with Crippen LogP contribution in [0.25, 0.3) is 0 Å². The van der Waals surface area contributed by atoms with Crippen molar-refractivity contribution in [3.63, 3.8) is 0 Å². The lowest BCUT2D eigenvalue weighted by atomic mass is 10.1. The van der Waals surface area contributed by atoms with E-state index in [0.717, 1.165) is 0 Å². The van der Waals surface area contributed by atoms with Gasteiger partial charge in [-0.05, 0) is 60.8 Å². The van der Waals surface area contributed by atoms with Gasteiger partial charge in [0.2, 0.25) is 5.91 Å². The minimum atomic E-state index is -1.03. The highest BCUT2D eigenvalue weighted by atomic mass is 16.6. The zero-order valence-electron chi connectivity index (χ0n) is 19.1. The molecule has 0 aliphatic carbocycles. The third-order valence-electron chi connectivity index (χ3n) is 3.60. The first-order valence-corrected chi connectivity index (χ1v) is 10.1. The van der Waals surface area contributed by atoms with Crippen molar-refractivity contribution in [2.24, 2.45) is 5.92 Å². The number of carbonyl (C=O) groups excluding carboxylic acids is 3. The van der Waals surface area contributed by atoms with E-state index in [1.165, 1.54) is 6.92 Å². The van der Waals surface area contributed by atoms with E-state index >= 15 is 0 Å². The summed E-state index contributed by atoms with van der Waals surface area (Å²) in [7, 11) is 0. The number of hydrogen-bond donors (Lipinski definition) is 4. The topological polar surface area (TPSA) is 143 Å². The van der Waals surface area contributed by atoms with Crippen molar-refractivity contribution in [2.75, 3.05) is 13.1 Å². The van der Waals surface area contributed by atoms with Gasteiger partial charge in [-0.1, -0.05) is 6.92 Å². The van der Waals surface area contributed by atoms with E-state index in [2.05, 4.69) is 16.0 Å². The van der Waals surface area contributed by atoms with E-state index in [1.54, 1.807) is 41.5 Å². The predicted octanol–water partition coefficient (Wildman–Crippen LogP) is 2.41. The van der Waals surface area contributed by atoms with Crippen LogP contribution in [0.4, 0.5) is 9.59 Å². The Bertz CT molecular complexity index is 594. The van der Waals surface area contributed by atoms with E-state index < -0.39 is 47.2 Å². The molecular weight excluding hydrogens is 394 g/mol. The van der Waals surface area contributed by atoms with Gasteiger partial charge in [0, 0.05) is 13.1 Å². The monoisotopic (exact) mass is 431 g/mol. The van der Waals surface area contributed by atoms with Crippen LogP contribution < -0.4 is 16.0 Å². The lowest BCUT2D eigenvalue weighted by molar-refractivity contribution is -0.141. The quantitative estimate of drug-likeness (QED) is 0.389. The maximum absolute atomic E-state index is 12.4. The molecule has 174 valence electrons. The first kappa shape index (κ1) is 27.5.